The molecule has 2 aromatic carbocycles. The third-order valence-corrected chi connectivity index (χ3v) is 6.06. The van der Waals surface area contributed by atoms with Crippen LogP contribution in [0, 0.1) is 11.3 Å². The predicted molar refractivity (Wildman–Crippen MR) is 108 cm³/mol. The van der Waals surface area contributed by atoms with Crippen LogP contribution in [-0.2, 0) is 9.53 Å². The third-order valence-electron chi connectivity index (χ3n) is 5.22. The number of hydrogen-bond donors (Lipinski definition) is 1. The fourth-order valence-corrected chi connectivity index (χ4v) is 4.34. The average molecular weight is 411 g/mol. The van der Waals surface area contributed by atoms with Gasteiger partial charge in [-0.1, -0.05) is 65.7 Å². The van der Waals surface area contributed by atoms with Crippen molar-refractivity contribution in [1.29, 1.82) is 5.26 Å². The Balaban J connectivity index is 1.84. The molecule has 0 spiro atoms. The summed E-state index contributed by atoms with van der Waals surface area (Å²) in [5.41, 5.74) is 8.32. The molecule has 1 aliphatic heterocycles. The first-order valence-electron chi connectivity index (χ1n) is 8.84. The van der Waals surface area contributed by atoms with Gasteiger partial charge in [0.1, 0.15) is 17.4 Å². The number of ether oxygens (including phenoxy) is 1. The molecule has 0 fully saturated rings. The van der Waals surface area contributed by atoms with E-state index in [1.54, 1.807) is 18.2 Å². The number of ketones is 1. The van der Waals surface area contributed by atoms with Gasteiger partial charge in [0.05, 0.1) is 16.0 Å². The van der Waals surface area contributed by atoms with Gasteiger partial charge >= 0.3 is 0 Å². The summed E-state index contributed by atoms with van der Waals surface area (Å²) in [5.74, 6) is -0.244. The van der Waals surface area contributed by atoms with Crippen LogP contribution in [0.4, 0.5) is 0 Å². The summed E-state index contributed by atoms with van der Waals surface area (Å²) in [4.78, 5) is 13.2. The highest BCUT2D eigenvalue weighted by atomic mass is 35.5. The molecular weight excluding hydrogens is 395 g/mol. The van der Waals surface area contributed by atoms with E-state index in [1.165, 1.54) is 0 Å². The van der Waals surface area contributed by atoms with Gasteiger partial charge in [-0.2, -0.15) is 5.26 Å². The number of nitriles is 1. The minimum Gasteiger partial charge on any atom is -0.444 e. The number of carbonyl (C=O) groups is 1. The summed E-state index contributed by atoms with van der Waals surface area (Å²) < 4.78 is 5.76. The Morgan fingerprint density at radius 3 is 2.54 bits per heavy atom. The fourth-order valence-electron chi connectivity index (χ4n) is 3.92. The quantitative estimate of drug-likeness (QED) is 0.737. The van der Waals surface area contributed by atoms with Crippen molar-refractivity contribution in [2.75, 3.05) is 0 Å². The van der Waals surface area contributed by atoms with Gasteiger partial charge in [-0.25, -0.2) is 0 Å². The predicted octanol–water partition coefficient (Wildman–Crippen LogP) is 5.20. The maximum atomic E-state index is 13.2. The molecular formula is C22H16Cl2N2O2. The fraction of sp³-hybridized carbons (Fsp3) is 0.182. The summed E-state index contributed by atoms with van der Waals surface area (Å²) in [6, 6.07) is 17.1. The third kappa shape index (κ3) is 3.07. The van der Waals surface area contributed by atoms with E-state index in [0.29, 0.717) is 39.8 Å². The van der Waals surface area contributed by atoms with Crippen LogP contribution < -0.4 is 5.73 Å². The van der Waals surface area contributed by atoms with Gasteiger partial charge < -0.3 is 10.5 Å². The van der Waals surface area contributed by atoms with E-state index in [1.807, 2.05) is 30.3 Å². The maximum Gasteiger partial charge on any atom is 0.205 e. The van der Waals surface area contributed by atoms with Crippen LogP contribution in [-0.4, -0.2) is 5.78 Å². The van der Waals surface area contributed by atoms with Gasteiger partial charge in [-0.3, -0.25) is 4.79 Å². The molecule has 0 amide bonds. The Hall–Kier alpha value is -2.74. The van der Waals surface area contributed by atoms with Crippen molar-refractivity contribution >= 4 is 29.0 Å². The second-order valence-corrected chi connectivity index (χ2v) is 7.63. The van der Waals surface area contributed by atoms with E-state index in [2.05, 4.69) is 6.07 Å². The number of halogens is 2. The highest BCUT2D eigenvalue weighted by molar-refractivity contribution is 6.42. The minimum absolute atomic E-state index is 0.000584. The highest BCUT2D eigenvalue weighted by Gasteiger charge is 2.41. The van der Waals surface area contributed by atoms with Crippen molar-refractivity contribution in [2.24, 2.45) is 5.73 Å². The summed E-state index contributed by atoms with van der Waals surface area (Å²) >= 11 is 12.6. The zero-order chi connectivity index (χ0) is 19.8. The number of hydrogen-bond acceptors (Lipinski definition) is 4. The average Bonchev–Trinajstić information content (AvgIpc) is 2.69. The Labute approximate surface area is 172 Å². The maximum absolute atomic E-state index is 13.2. The van der Waals surface area contributed by atoms with Crippen LogP contribution in [0.3, 0.4) is 0 Å². The first-order valence-corrected chi connectivity index (χ1v) is 9.59. The Bertz CT molecular complexity index is 1070. The van der Waals surface area contributed by atoms with Gasteiger partial charge in [-0.05, 0) is 23.1 Å². The van der Waals surface area contributed by atoms with E-state index in [9.17, 15) is 10.1 Å². The van der Waals surface area contributed by atoms with E-state index in [4.69, 9.17) is 33.7 Å². The van der Waals surface area contributed by atoms with Crippen LogP contribution in [0.5, 0.6) is 0 Å². The van der Waals surface area contributed by atoms with Gasteiger partial charge in [-0.15, -0.1) is 0 Å². The van der Waals surface area contributed by atoms with Crippen molar-refractivity contribution in [3.8, 4) is 6.07 Å². The normalized spacial score (nSPS) is 21.8. The summed E-state index contributed by atoms with van der Waals surface area (Å²) in [6.45, 7) is 0. The first kappa shape index (κ1) is 18.6. The van der Waals surface area contributed by atoms with E-state index in [-0.39, 0.29) is 23.2 Å². The smallest absolute Gasteiger partial charge is 0.205 e. The van der Waals surface area contributed by atoms with Crippen molar-refractivity contribution in [1.82, 2.24) is 0 Å². The number of benzene rings is 2. The molecule has 140 valence electrons. The lowest BCUT2D eigenvalue weighted by molar-refractivity contribution is -0.117. The zero-order valence-corrected chi connectivity index (χ0v) is 16.3. The second-order valence-electron chi connectivity index (χ2n) is 6.84. The molecule has 1 aliphatic carbocycles. The Morgan fingerprint density at radius 2 is 1.82 bits per heavy atom. The lowest BCUT2D eigenvalue weighted by Gasteiger charge is -2.34. The number of nitrogens with two attached hydrogens (primary N) is 1. The van der Waals surface area contributed by atoms with Crippen molar-refractivity contribution in [3.63, 3.8) is 0 Å². The van der Waals surface area contributed by atoms with Gasteiger partial charge in [0.25, 0.3) is 0 Å². The first-order chi connectivity index (χ1) is 13.5. The molecule has 0 saturated carbocycles. The molecule has 2 aromatic rings. The number of carbonyl (C=O) groups excluding carboxylic acids is 1. The molecule has 4 nitrogen and oxygen atoms in total. The Morgan fingerprint density at radius 1 is 1.07 bits per heavy atom. The monoisotopic (exact) mass is 410 g/mol. The molecule has 2 aliphatic rings. The molecule has 0 unspecified atom stereocenters. The van der Waals surface area contributed by atoms with Crippen LogP contribution in [0.25, 0.3) is 0 Å². The molecule has 1 heterocycles. The van der Waals surface area contributed by atoms with E-state index < -0.39 is 5.92 Å². The van der Waals surface area contributed by atoms with Gasteiger partial charge in [0, 0.05) is 18.4 Å². The summed E-state index contributed by atoms with van der Waals surface area (Å²) in [5, 5.41) is 10.3. The van der Waals surface area contributed by atoms with Crippen LogP contribution >= 0.6 is 23.2 Å². The van der Waals surface area contributed by atoms with E-state index >= 15 is 0 Å². The second kappa shape index (κ2) is 7.35. The Kier molecular flexibility index (Phi) is 4.89. The number of Topliss-reactive ketones (excluding diaryl/α,β-unsaturated/α-hetero) is 1. The van der Waals surface area contributed by atoms with Crippen molar-refractivity contribution in [3.05, 3.63) is 92.5 Å². The van der Waals surface area contributed by atoms with Gasteiger partial charge in [0.15, 0.2) is 5.78 Å². The number of allylic oxidation sites excluding steroid dienone is 3. The molecule has 2 N–H and O–H groups in total. The lowest BCUT2D eigenvalue weighted by Crippen LogP contribution is -2.30. The molecule has 4 rings (SSSR count). The van der Waals surface area contributed by atoms with Crippen molar-refractivity contribution in [2.45, 2.75) is 24.7 Å². The zero-order valence-electron chi connectivity index (χ0n) is 14.8. The largest absolute Gasteiger partial charge is 0.444 e. The molecule has 6 heteroatoms. The molecule has 0 saturated heterocycles. The number of nitrogens with zero attached hydrogens (tertiary/aromatic N) is 1. The van der Waals surface area contributed by atoms with Crippen LogP contribution in [0.2, 0.25) is 10.0 Å². The summed E-state index contributed by atoms with van der Waals surface area (Å²) in [6.07, 6.45) is 0.860. The summed E-state index contributed by atoms with van der Waals surface area (Å²) in [7, 11) is 0. The topological polar surface area (TPSA) is 76.1 Å². The van der Waals surface area contributed by atoms with E-state index in [0.717, 1.165) is 5.56 Å². The molecule has 28 heavy (non-hydrogen) atoms. The van der Waals surface area contributed by atoms with Crippen LogP contribution in [0.15, 0.2) is 71.3 Å². The van der Waals surface area contributed by atoms with Gasteiger partial charge in [0.2, 0.25) is 5.88 Å². The van der Waals surface area contributed by atoms with Crippen LogP contribution in [0.1, 0.15) is 35.8 Å². The number of rotatable bonds is 2. The molecule has 0 aromatic heterocycles. The van der Waals surface area contributed by atoms with Crippen molar-refractivity contribution < 1.29 is 9.53 Å². The molecule has 0 bridgehead atoms. The highest BCUT2D eigenvalue weighted by Crippen LogP contribution is 2.48. The SMILES string of the molecule is N#CC1=C(N)OC2=C(C(=O)C[C@H](c3ccccc3)C2)[C@@H]1c1cccc(Cl)c1Cl. The molecule has 2 atom stereocenters. The lowest BCUT2D eigenvalue weighted by atomic mass is 9.73. The standard InChI is InChI=1S/C22H16Cl2N2O2/c23-16-8-4-7-14(21(16)24)19-15(11-25)22(26)28-18-10-13(9-17(27)20(18)19)12-5-2-1-3-6-12/h1-8,13,19H,9-10,26H2/t13-,19+/m0/s1. The molecule has 0 radical (unpaired) electrons. The minimum atomic E-state index is -0.677.